The Balaban J connectivity index is 1.02. The Labute approximate surface area is 306 Å². The molecule has 2 unspecified atom stereocenters. The number of carbonyl (C=O) groups is 1. The zero-order valence-corrected chi connectivity index (χ0v) is 31.2. The van der Waals surface area contributed by atoms with Gasteiger partial charge in [-0.1, -0.05) is 58.9 Å². The van der Waals surface area contributed by atoms with Gasteiger partial charge in [0.15, 0.2) is 5.65 Å². The molecule has 7 rings (SSSR count). The van der Waals surface area contributed by atoms with Crippen LogP contribution >= 0.6 is 0 Å². The molecule has 2 aliphatic rings. The number of urea groups is 1. The Kier molecular flexibility index (Phi) is 10.2. The molecule has 12 nitrogen and oxygen atoms in total. The fourth-order valence-electron chi connectivity index (χ4n) is 6.93. The molecule has 1 saturated heterocycles. The first kappa shape index (κ1) is 35.5. The van der Waals surface area contributed by atoms with Gasteiger partial charge in [-0.2, -0.15) is 5.10 Å². The molecule has 1 aliphatic heterocycles. The normalized spacial score (nSPS) is 18.4. The first-order chi connectivity index (χ1) is 25.0. The highest BCUT2D eigenvalue weighted by Gasteiger charge is 2.30. The largest absolute Gasteiger partial charge is 0.492 e. The number of hydrogen-bond acceptors (Lipinski definition) is 8. The number of benzene rings is 2. The standard InChI is InChI=1S/C40H51N9O3/c1-27(2)38-44-43-36-18-15-30(26-48(36)38)52-34-17-16-33(31-9-7-8-10-32(31)34)41-39(50)42-37-25-35(40(3,4)5)45-49(37)28-11-13-29(14-12-28)51-24-23-47-21-19-46(6)20-22-47/h7-15,18,25-27,33-34H,16-17,19-24H2,1-6H3,(H2,41,42,50). The SMILES string of the molecule is CC(C)c1nnc2ccc(OC3CCC(NC(=O)Nc4cc(C(C)(C)C)nn4-c4ccc(OCCN5CCN(C)CC5)cc4)c4ccccc43)cn12. The van der Waals surface area contributed by atoms with E-state index >= 15 is 0 Å². The summed E-state index contributed by atoms with van der Waals surface area (Å²) in [6.45, 7) is 16.4. The Hall–Kier alpha value is -4.94. The molecule has 0 spiro atoms. The second kappa shape index (κ2) is 15.0. The highest BCUT2D eigenvalue weighted by Crippen LogP contribution is 2.39. The molecule has 1 aliphatic carbocycles. The Morgan fingerprint density at radius 1 is 0.923 bits per heavy atom. The molecule has 0 bridgehead atoms. The van der Waals surface area contributed by atoms with E-state index in [0.717, 1.165) is 91.0 Å². The molecule has 52 heavy (non-hydrogen) atoms. The number of piperazine rings is 1. The summed E-state index contributed by atoms with van der Waals surface area (Å²) >= 11 is 0. The molecule has 0 saturated carbocycles. The number of carbonyl (C=O) groups excluding carboxylic acids is 1. The lowest BCUT2D eigenvalue weighted by Gasteiger charge is -2.32. The number of nitrogens with one attached hydrogen (secondary N) is 2. The molecule has 2 aromatic carbocycles. The molecule has 274 valence electrons. The Morgan fingerprint density at radius 2 is 1.65 bits per heavy atom. The summed E-state index contributed by atoms with van der Waals surface area (Å²) in [5.41, 5.74) is 4.42. The van der Waals surface area contributed by atoms with E-state index in [1.807, 2.05) is 65.2 Å². The number of anilines is 1. The summed E-state index contributed by atoms with van der Waals surface area (Å²) in [5, 5.41) is 19.9. The maximum Gasteiger partial charge on any atom is 0.320 e. The topological polar surface area (TPSA) is 114 Å². The number of rotatable bonds is 10. The summed E-state index contributed by atoms with van der Waals surface area (Å²) in [7, 11) is 2.17. The van der Waals surface area contributed by atoms with Crippen molar-refractivity contribution in [2.45, 2.75) is 70.9 Å². The fraction of sp³-hybridized carbons (Fsp3) is 0.450. The van der Waals surface area contributed by atoms with Crippen molar-refractivity contribution in [2.75, 3.05) is 51.7 Å². The van der Waals surface area contributed by atoms with E-state index in [1.54, 1.807) is 4.68 Å². The fourth-order valence-corrected chi connectivity index (χ4v) is 6.93. The Morgan fingerprint density at radius 3 is 2.38 bits per heavy atom. The number of hydrogen-bond donors (Lipinski definition) is 2. The number of pyridine rings is 1. The van der Waals surface area contributed by atoms with Gasteiger partial charge in [-0.15, -0.1) is 10.2 Å². The molecular formula is C40H51N9O3. The van der Waals surface area contributed by atoms with Crippen LogP contribution in [-0.2, 0) is 5.41 Å². The molecule has 12 heteroatoms. The van der Waals surface area contributed by atoms with Crippen molar-refractivity contribution in [1.29, 1.82) is 0 Å². The van der Waals surface area contributed by atoms with E-state index < -0.39 is 0 Å². The van der Waals surface area contributed by atoms with Gasteiger partial charge in [0.1, 0.15) is 35.9 Å². The van der Waals surface area contributed by atoms with Crippen LogP contribution in [0, 0.1) is 0 Å². The van der Waals surface area contributed by atoms with E-state index in [9.17, 15) is 4.79 Å². The van der Waals surface area contributed by atoms with E-state index in [4.69, 9.17) is 14.6 Å². The average molecular weight is 706 g/mol. The number of amides is 2. The zero-order chi connectivity index (χ0) is 36.4. The lowest BCUT2D eigenvalue weighted by atomic mass is 9.85. The van der Waals surface area contributed by atoms with Gasteiger partial charge in [0.25, 0.3) is 0 Å². The minimum Gasteiger partial charge on any atom is -0.492 e. The van der Waals surface area contributed by atoms with Crippen LogP contribution in [0.15, 0.2) is 72.9 Å². The monoisotopic (exact) mass is 705 g/mol. The molecule has 0 radical (unpaired) electrons. The van der Waals surface area contributed by atoms with Crippen molar-refractivity contribution < 1.29 is 14.3 Å². The lowest BCUT2D eigenvalue weighted by Crippen LogP contribution is -2.45. The molecular weight excluding hydrogens is 654 g/mol. The smallest absolute Gasteiger partial charge is 0.320 e. The molecule has 1 fully saturated rings. The molecule has 2 atom stereocenters. The summed E-state index contributed by atoms with van der Waals surface area (Å²) in [4.78, 5) is 18.5. The number of aromatic nitrogens is 5. The van der Waals surface area contributed by atoms with Crippen LogP contribution in [0.1, 0.15) is 88.2 Å². The predicted octanol–water partition coefficient (Wildman–Crippen LogP) is 6.74. The van der Waals surface area contributed by atoms with Crippen LogP contribution in [0.5, 0.6) is 11.5 Å². The number of likely N-dealkylation sites (N-methyl/N-ethyl adjacent to an activating group) is 1. The molecule has 2 N–H and O–H groups in total. The predicted molar refractivity (Wildman–Crippen MR) is 203 cm³/mol. The highest BCUT2D eigenvalue weighted by molar-refractivity contribution is 5.89. The zero-order valence-electron chi connectivity index (χ0n) is 31.2. The van der Waals surface area contributed by atoms with E-state index in [1.165, 1.54) is 0 Å². The average Bonchev–Trinajstić information content (AvgIpc) is 3.75. The minimum absolute atomic E-state index is 0.150. The van der Waals surface area contributed by atoms with Gasteiger partial charge in [-0.3, -0.25) is 14.6 Å². The molecule has 5 aromatic rings. The van der Waals surface area contributed by atoms with E-state index in [-0.39, 0.29) is 29.5 Å². The van der Waals surface area contributed by atoms with E-state index in [2.05, 4.69) is 84.4 Å². The van der Waals surface area contributed by atoms with Gasteiger partial charge in [0.05, 0.1) is 23.6 Å². The van der Waals surface area contributed by atoms with Gasteiger partial charge in [0, 0.05) is 50.1 Å². The third kappa shape index (κ3) is 7.93. The van der Waals surface area contributed by atoms with Crippen molar-refractivity contribution in [3.8, 4) is 17.2 Å². The lowest BCUT2D eigenvalue weighted by molar-refractivity contribution is 0.134. The van der Waals surface area contributed by atoms with Crippen LogP contribution in [0.4, 0.5) is 10.6 Å². The van der Waals surface area contributed by atoms with Crippen molar-refractivity contribution in [3.63, 3.8) is 0 Å². The maximum absolute atomic E-state index is 13.7. The van der Waals surface area contributed by atoms with Gasteiger partial charge >= 0.3 is 6.03 Å². The van der Waals surface area contributed by atoms with Gasteiger partial charge in [-0.25, -0.2) is 9.48 Å². The van der Waals surface area contributed by atoms with Crippen molar-refractivity contribution in [3.05, 3.63) is 95.6 Å². The van der Waals surface area contributed by atoms with Crippen LogP contribution in [0.25, 0.3) is 11.3 Å². The Bertz CT molecular complexity index is 1990. The first-order valence-corrected chi connectivity index (χ1v) is 18.4. The van der Waals surface area contributed by atoms with Crippen LogP contribution in [0.3, 0.4) is 0 Å². The molecule has 4 heterocycles. The highest BCUT2D eigenvalue weighted by atomic mass is 16.5. The summed E-state index contributed by atoms with van der Waals surface area (Å²) in [5.74, 6) is 3.30. The van der Waals surface area contributed by atoms with Gasteiger partial charge in [-0.05, 0) is 67.4 Å². The summed E-state index contributed by atoms with van der Waals surface area (Å²) in [6, 6.07) is 21.5. The third-order valence-corrected chi connectivity index (χ3v) is 10.0. The van der Waals surface area contributed by atoms with E-state index in [0.29, 0.717) is 12.4 Å². The molecule has 3 aromatic heterocycles. The van der Waals surface area contributed by atoms with Crippen LogP contribution < -0.4 is 20.1 Å². The van der Waals surface area contributed by atoms with Crippen molar-refractivity contribution in [2.24, 2.45) is 0 Å². The van der Waals surface area contributed by atoms with Gasteiger partial charge in [0.2, 0.25) is 0 Å². The number of nitrogens with zero attached hydrogens (tertiary/aromatic N) is 7. The summed E-state index contributed by atoms with van der Waals surface area (Å²) < 4.78 is 16.5. The third-order valence-electron chi connectivity index (χ3n) is 10.0. The van der Waals surface area contributed by atoms with Crippen LogP contribution in [0.2, 0.25) is 0 Å². The maximum atomic E-state index is 13.7. The second-order valence-electron chi connectivity index (χ2n) is 15.3. The summed E-state index contributed by atoms with van der Waals surface area (Å²) in [6.07, 6.45) is 3.29. The number of ether oxygens (including phenoxy) is 2. The molecule has 2 amide bonds. The van der Waals surface area contributed by atoms with Gasteiger partial charge < -0.3 is 19.7 Å². The first-order valence-electron chi connectivity index (χ1n) is 18.4. The number of fused-ring (bicyclic) bond motifs is 2. The van der Waals surface area contributed by atoms with Crippen molar-refractivity contribution in [1.82, 2.24) is 39.5 Å². The quantitative estimate of drug-likeness (QED) is 0.164. The van der Waals surface area contributed by atoms with Crippen molar-refractivity contribution >= 4 is 17.5 Å². The minimum atomic E-state index is -0.288. The second-order valence-corrected chi connectivity index (χ2v) is 15.3. The van der Waals surface area contributed by atoms with Crippen LogP contribution in [-0.4, -0.2) is 86.6 Å².